The maximum Gasteiger partial charge on any atom is 0.322 e. The topological polar surface area (TPSA) is 92.2 Å². The number of urea groups is 1. The van der Waals surface area contributed by atoms with Crippen molar-refractivity contribution in [1.29, 1.82) is 0 Å². The zero-order valence-electron chi connectivity index (χ0n) is 14.8. The van der Waals surface area contributed by atoms with Crippen molar-refractivity contribution in [3.05, 3.63) is 71.4 Å². The van der Waals surface area contributed by atoms with Gasteiger partial charge in [0, 0.05) is 43.8 Å². The molecule has 2 aromatic heterocycles. The summed E-state index contributed by atoms with van der Waals surface area (Å²) in [6.07, 6.45) is 6.82. The van der Waals surface area contributed by atoms with Crippen LogP contribution in [0.3, 0.4) is 0 Å². The van der Waals surface area contributed by atoms with Crippen molar-refractivity contribution < 1.29 is 9.59 Å². The molecule has 3 amide bonds. The van der Waals surface area contributed by atoms with Gasteiger partial charge >= 0.3 is 6.03 Å². The summed E-state index contributed by atoms with van der Waals surface area (Å²) in [7, 11) is 0. The molecule has 0 saturated carbocycles. The summed E-state index contributed by atoms with van der Waals surface area (Å²) in [5.74, 6) is 0.469. The smallest absolute Gasteiger partial charge is 0.322 e. The van der Waals surface area contributed by atoms with Crippen LogP contribution in [0.15, 0.2) is 55.2 Å². The first kappa shape index (κ1) is 18.0. The lowest BCUT2D eigenvalue weighted by Crippen LogP contribution is -2.28. The van der Waals surface area contributed by atoms with Crippen molar-refractivity contribution >= 4 is 29.2 Å². The highest BCUT2D eigenvalue weighted by Crippen LogP contribution is 2.28. The number of imidazole rings is 1. The van der Waals surface area contributed by atoms with Crippen molar-refractivity contribution in [3.8, 4) is 5.82 Å². The number of hydrogen-bond donors (Lipinski definition) is 2. The average molecular weight is 397 g/mol. The van der Waals surface area contributed by atoms with Crippen molar-refractivity contribution in [2.45, 2.75) is 6.54 Å². The van der Waals surface area contributed by atoms with E-state index >= 15 is 0 Å². The molecule has 28 heavy (non-hydrogen) atoms. The Balaban J connectivity index is 1.47. The molecular weight excluding hydrogens is 380 g/mol. The van der Waals surface area contributed by atoms with Gasteiger partial charge in [-0.1, -0.05) is 11.6 Å². The molecule has 1 saturated heterocycles. The Kier molecular flexibility index (Phi) is 4.94. The molecule has 0 unspecified atom stereocenters. The highest BCUT2D eigenvalue weighted by atomic mass is 35.5. The number of amides is 3. The second kappa shape index (κ2) is 7.69. The van der Waals surface area contributed by atoms with Crippen LogP contribution in [0, 0.1) is 0 Å². The minimum absolute atomic E-state index is 0.219. The number of aromatic nitrogens is 3. The number of hydrogen-bond acceptors (Lipinski definition) is 4. The molecule has 3 aromatic rings. The fourth-order valence-corrected chi connectivity index (χ4v) is 3.17. The first-order valence-corrected chi connectivity index (χ1v) is 9.06. The van der Waals surface area contributed by atoms with Crippen LogP contribution in [-0.2, 0) is 6.54 Å². The molecule has 2 N–H and O–H groups in total. The molecule has 1 aromatic carbocycles. The third kappa shape index (κ3) is 3.67. The number of nitrogens with zero attached hydrogens (tertiary/aromatic N) is 4. The Morgan fingerprint density at radius 1 is 1.25 bits per heavy atom. The van der Waals surface area contributed by atoms with Crippen LogP contribution < -0.4 is 15.5 Å². The van der Waals surface area contributed by atoms with Crippen LogP contribution in [0.2, 0.25) is 5.02 Å². The summed E-state index contributed by atoms with van der Waals surface area (Å²) in [6, 6.07) is 8.39. The fraction of sp³-hybridized carbons (Fsp3) is 0.158. The molecule has 142 valence electrons. The highest BCUT2D eigenvalue weighted by Gasteiger charge is 2.24. The van der Waals surface area contributed by atoms with Gasteiger partial charge in [0.1, 0.15) is 12.1 Å². The van der Waals surface area contributed by atoms with Crippen molar-refractivity contribution in [1.82, 2.24) is 25.2 Å². The van der Waals surface area contributed by atoms with E-state index < -0.39 is 0 Å². The minimum atomic E-state index is -0.251. The van der Waals surface area contributed by atoms with Gasteiger partial charge in [-0.15, -0.1) is 0 Å². The molecule has 0 aliphatic carbocycles. The fourth-order valence-electron chi connectivity index (χ4n) is 2.95. The second-order valence-corrected chi connectivity index (χ2v) is 6.63. The molecular formula is C19H17ClN6O2. The molecule has 1 fully saturated rings. The SMILES string of the molecule is O=C(NCc1ccnc(-n2ccnc2)c1)c1ccc(Cl)c(N2CCNC2=O)c1. The first-order valence-electron chi connectivity index (χ1n) is 8.68. The van der Waals surface area contributed by atoms with Crippen LogP contribution in [0.25, 0.3) is 5.82 Å². The van der Waals surface area contributed by atoms with E-state index in [1.807, 2.05) is 12.1 Å². The Morgan fingerprint density at radius 3 is 2.89 bits per heavy atom. The normalized spacial score (nSPS) is 13.5. The van der Waals surface area contributed by atoms with Crippen molar-refractivity contribution in [3.63, 3.8) is 0 Å². The summed E-state index contributed by atoms with van der Waals surface area (Å²) in [6.45, 7) is 1.40. The van der Waals surface area contributed by atoms with Crippen LogP contribution in [0.1, 0.15) is 15.9 Å². The molecule has 0 atom stereocenters. The molecule has 1 aliphatic rings. The first-order chi connectivity index (χ1) is 13.6. The van der Waals surface area contributed by atoms with Gasteiger partial charge in [0.15, 0.2) is 0 Å². The predicted molar refractivity (Wildman–Crippen MR) is 105 cm³/mol. The van der Waals surface area contributed by atoms with Gasteiger partial charge in [-0.05, 0) is 35.9 Å². The van der Waals surface area contributed by atoms with E-state index in [9.17, 15) is 9.59 Å². The lowest BCUT2D eigenvalue weighted by molar-refractivity contribution is 0.0951. The summed E-state index contributed by atoms with van der Waals surface area (Å²) in [5.41, 5.74) is 1.86. The molecule has 0 radical (unpaired) electrons. The third-order valence-corrected chi connectivity index (χ3v) is 4.71. The maximum atomic E-state index is 12.6. The number of halogens is 1. The molecule has 9 heteroatoms. The van der Waals surface area contributed by atoms with Gasteiger partial charge in [0.25, 0.3) is 5.91 Å². The van der Waals surface area contributed by atoms with Gasteiger partial charge in [-0.3, -0.25) is 14.3 Å². The highest BCUT2D eigenvalue weighted by molar-refractivity contribution is 6.34. The van der Waals surface area contributed by atoms with Crippen LogP contribution in [0.4, 0.5) is 10.5 Å². The average Bonchev–Trinajstić information content (AvgIpc) is 3.39. The molecule has 3 heterocycles. The molecule has 0 bridgehead atoms. The summed E-state index contributed by atoms with van der Waals surface area (Å²) in [5, 5.41) is 6.03. The van der Waals surface area contributed by atoms with E-state index in [1.54, 1.807) is 47.7 Å². The minimum Gasteiger partial charge on any atom is -0.348 e. The van der Waals surface area contributed by atoms with Crippen LogP contribution in [0.5, 0.6) is 0 Å². The van der Waals surface area contributed by atoms with E-state index in [0.29, 0.717) is 35.9 Å². The van der Waals surface area contributed by atoms with E-state index in [1.165, 1.54) is 4.90 Å². The molecule has 0 spiro atoms. The van der Waals surface area contributed by atoms with Gasteiger partial charge in [0.2, 0.25) is 0 Å². The molecule has 1 aliphatic heterocycles. The maximum absolute atomic E-state index is 12.6. The zero-order valence-corrected chi connectivity index (χ0v) is 15.6. The Labute approximate surface area is 166 Å². The predicted octanol–water partition coefficient (Wildman–Crippen LogP) is 2.38. The van der Waals surface area contributed by atoms with E-state index in [0.717, 1.165) is 11.4 Å². The van der Waals surface area contributed by atoms with Gasteiger partial charge < -0.3 is 10.6 Å². The summed E-state index contributed by atoms with van der Waals surface area (Å²) < 4.78 is 1.79. The number of benzene rings is 1. The number of pyridine rings is 1. The number of rotatable bonds is 5. The largest absolute Gasteiger partial charge is 0.348 e. The molecule has 4 rings (SSSR count). The van der Waals surface area contributed by atoms with Gasteiger partial charge in [-0.25, -0.2) is 14.8 Å². The number of carbonyl (C=O) groups excluding carboxylic acids is 2. The Bertz CT molecular complexity index is 1020. The standard InChI is InChI=1S/C19H17ClN6O2/c20-15-2-1-14(10-16(15)26-8-6-23-19(26)28)18(27)24-11-13-3-4-22-17(9-13)25-7-5-21-12-25/h1-5,7,9-10,12H,6,8,11H2,(H,23,28)(H,24,27). The lowest BCUT2D eigenvalue weighted by atomic mass is 10.1. The second-order valence-electron chi connectivity index (χ2n) is 6.22. The Hall–Kier alpha value is -3.39. The quantitative estimate of drug-likeness (QED) is 0.692. The number of carbonyl (C=O) groups is 2. The monoisotopic (exact) mass is 396 g/mol. The summed E-state index contributed by atoms with van der Waals surface area (Å²) in [4.78, 5) is 34.3. The van der Waals surface area contributed by atoms with Crippen LogP contribution in [-0.4, -0.2) is 39.6 Å². The van der Waals surface area contributed by atoms with Gasteiger partial charge in [0.05, 0.1) is 10.7 Å². The van der Waals surface area contributed by atoms with Gasteiger partial charge in [-0.2, -0.15) is 0 Å². The van der Waals surface area contributed by atoms with Crippen molar-refractivity contribution in [2.75, 3.05) is 18.0 Å². The number of nitrogens with one attached hydrogen (secondary N) is 2. The van der Waals surface area contributed by atoms with E-state index in [4.69, 9.17) is 11.6 Å². The van der Waals surface area contributed by atoms with E-state index in [2.05, 4.69) is 20.6 Å². The lowest BCUT2D eigenvalue weighted by Gasteiger charge is -2.17. The van der Waals surface area contributed by atoms with E-state index in [-0.39, 0.29) is 11.9 Å². The summed E-state index contributed by atoms with van der Waals surface area (Å²) >= 11 is 6.22. The zero-order chi connectivity index (χ0) is 19.5. The van der Waals surface area contributed by atoms with Crippen molar-refractivity contribution in [2.24, 2.45) is 0 Å². The van der Waals surface area contributed by atoms with Crippen LogP contribution >= 0.6 is 11.6 Å². The Morgan fingerprint density at radius 2 is 2.14 bits per heavy atom. The molecule has 8 nitrogen and oxygen atoms in total. The number of anilines is 1. The third-order valence-electron chi connectivity index (χ3n) is 4.39.